The molecule has 2 aromatic rings. The van der Waals surface area contributed by atoms with Crippen molar-refractivity contribution in [2.75, 3.05) is 42.6 Å². The highest BCUT2D eigenvalue weighted by Gasteiger charge is 2.31. The fraction of sp³-hybridized carbons (Fsp3) is 0.400. The molecule has 2 aliphatic rings. The third-order valence-electron chi connectivity index (χ3n) is 6.33. The van der Waals surface area contributed by atoms with Gasteiger partial charge in [-0.2, -0.15) is 0 Å². The van der Waals surface area contributed by atoms with E-state index in [2.05, 4.69) is 51.2 Å². The van der Waals surface area contributed by atoms with Crippen LogP contribution in [0.2, 0.25) is 0 Å². The fourth-order valence-corrected chi connectivity index (χ4v) is 4.14. The summed E-state index contributed by atoms with van der Waals surface area (Å²) < 4.78 is 6.08. The number of nitrogen functional groups attached to an aromatic ring is 1. The zero-order valence-electron chi connectivity index (χ0n) is 19.9. The molecule has 0 saturated carbocycles. The van der Waals surface area contributed by atoms with Gasteiger partial charge in [-0.15, -0.1) is 0 Å². The Bertz CT molecular complexity index is 1080. The van der Waals surface area contributed by atoms with Crippen LogP contribution in [0.15, 0.2) is 58.5 Å². The Labute approximate surface area is 200 Å². The van der Waals surface area contributed by atoms with Crippen LogP contribution in [0.5, 0.6) is 5.75 Å². The second-order valence-corrected chi connectivity index (χ2v) is 8.82. The van der Waals surface area contributed by atoms with Gasteiger partial charge in [-0.25, -0.2) is 4.99 Å². The average Bonchev–Trinajstić information content (AvgIpc) is 2.81. The molecular formula is C25H33N7O2. The van der Waals surface area contributed by atoms with Crippen LogP contribution < -0.4 is 26.4 Å². The Hall–Kier alpha value is -3.59. The van der Waals surface area contributed by atoms with Crippen molar-refractivity contribution in [2.24, 2.45) is 15.7 Å². The number of nitrogens with one attached hydrogen (secondary N) is 1. The van der Waals surface area contributed by atoms with E-state index in [1.807, 2.05) is 31.2 Å². The lowest BCUT2D eigenvalue weighted by Gasteiger charge is -2.39. The maximum Gasteiger partial charge on any atom is 0.270 e. The number of aliphatic imine (C=N–C) groups is 2. The molecule has 34 heavy (non-hydrogen) atoms. The number of carbonyl (C=O) groups excluding carboxylic acids is 1. The molecule has 1 amide bonds. The van der Waals surface area contributed by atoms with E-state index in [0.717, 1.165) is 31.0 Å². The van der Waals surface area contributed by atoms with Crippen LogP contribution in [-0.4, -0.2) is 67.3 Å². The molecule has 2 heterocycles. The second-order valence-electron chi connectivity index (χ2n) is 8.82. The topological polar surface area (TPSA) is 122 Å². The molecule has 0 spiro atoms. The first kappa shape index (κ1) is 23.6. The Morgan fingerprint density at radius 2 is 1.94 bits per heavy atom. The number of primary amides is 1. The van der Waals surface area contributed by atoms with Gasteiger partial charge in [-0.1, -0.05) is 13.0 Å². The number of anilines is 3. The van der Waals surface area contributed by atoms with Crippen molar-refractivity contribution in [1.29, 1.82) is 0 Å². The Kier molecular flexibility index (Phi) is 7.02. The Balaban J connectivity index is 1.53. The quantitative estimate of drug-likeness (QED) is 0.566. The molecule has 180 valence electrons. The number of likely N-dealkylation sites (N-methyl/N-ethyl adjacent to an activating group) is 1. The second kappa shape index (κ2) is 10.1. The third kappa shape index (κ3) is 5.31. The third-order valence-corrected chi connectivity index (χ3v) is 6.33. The molecule has 9 heteroatoms. The molecule has 1 fully saturated rings. The number of amidine groups is 1. The van der Waals surface area contributed by atoms with E-state index in [4.69, 9.17) is 16.2 Å². The monoisotopic (exact) mass is 463 g/mol. The summed E-state index contributed by atoms with van der Waals surface area (Å²) in [6, 6.07) is 15.4. The number of piperazine rings is 1. The molecule has 1 saturated heterocycles. The SMILES string of the molecule is CCC1N=C(C(N)=O)C(Nc2ccc(N3CCN(C)[C@@H](C)C3)cc2)=NC1Oc1cccc(N)c1. The first-order chi connectivity index (χ1) is 16.3. The summed E-state index contributed by atoms with van der Waals surface area (Å²) in [5.41, 5.74) is 14.2. The van der Waals surface area contributed by atoms with Crippen LogP contribution in [-0.2, 0) is 4.79 Å². The summed E-state index contributed by atoms with van der Waals surface area (Å²) in [5, 5.41) is 3.22. The van der Waals surface area contributed by atoms with Crippen LogP contribution in [0.3, 0.4) is 0 Å². The standard InChI is InChI=1S/C25H33N7O2/c1-4-21-25(34-20-7-5-6-17(26)14-20)30-24(22(29-21)23(27)33)28-18-8-10-19(11-9-18)32-13-12-31(3)16(2)15-32/h5-11,14,16,21,25H,4,12-13,15,26H2,1-3H3,(H2,27,33)(H,28,30)/t16-,21?,25?/m0/s1. The number of rotatable bonds is 6. The molecule has 0 radical (unpaired) electrons. The van der Waals surface area contributed by atoms with E-state index in [1.54, 1.807) is 12.1 Å². The summed E-state index contributed by atoms with van der Waals surface area (Å²) in [7, 11) is 2.16. The number of hydrogen-bond acceptors (Lipinski definition) is 8. The highest BCUT2D eigenvalue weighted by Crippen LogP contribution is 2.24. The largest absolute Gasteiger partial charge is 0.466 e. The molecule has 0 aliphatic carbocycles. The smallest absolute Gasteiger partial charge is 0.270 e. The van der Waals surface area contributed by atoms with Gasteiger partial charge < -0.3 is 31.3 Å². The first-order valence-electron chi connectivity index (χ1n) is 11.6. The molecule has 9 nitrogen and oxygen atoms in total. The van der Waals surface area contributed by atoms with E-state index in [0.29, 0.717) is 29.7 Å². The molecule has 2 unspecified atom stereocenters. The number of amides is 1. The van der Waals surface area contributed by atoms with Crippen LogP contribution in [0.25, 0.3) is 0 Å². The van der Waals surface area contributed by atoms with Crippen LogP contribution in [0, 0.1) is 0 Å². The van der Waals surface area contributed by atoms with Gasteiger partial charge in [0.25, 0.3) is 5.91 Å². The molecule has 5 N–H and O–H groups in total. The lowest BCUT2D eigenvalue weighted by atomic mass is 10.1. The van der Waals surface area contributed by atoms with Gasteiger partial charge in [-0.3, -0.25) is 9.79 Å². The highest BCUT2D eigenvalue weighted by atomic mass is 16.5. The van der Waals surface area contributed by atoms with Crippen molar-refractivity contribution in [2.45, 2.75) is 38.6 Å². The van der Waals surface area contributed by atoms with Gasteiger partial charge in [0.05, 0.1) is 0 Å². The van der Waals surface area contributed by atoms with Crippen molar-refractivity contribution >= 4 is 34.5 Å². The summed E-state index contributed by atoms with van der Waals surface area (Å²) in [4.78, 5) is 26.1. The van der Waals surface area contributed by atoms with E-state index in [1.165, 1.54) is 0 Å². The Morgan fingerprint density at radius 3 is 2.59 bits per heavy atom. The minimum Gasteiger partial charge on any atom is -0.466 e. The van der Waals surface area contributed by atoms with Crippen LogP contribution in [0.1, 0.15) is 20.3 Å². The lowest BCUT2D eigenvalue weighted by molar-refractivity contribution is -0.111. The molecule has 4 rings (SSSR count). The molecule has 2 aromatic carbocycles. The number of carbonyl (C=O) groups is 1. The van der Waals surface area contributed by atoms with Gasteiger partial charge in [0.15, 0.2) is 11.5 Å². The zero-order chi connectivity index (χ0) is 24.2. The maximum atomic E-state index is 12.1. The average molecular weight is 464 g/mol. The molecule has 0 aromatic heterocycles. The van der Waals surface area contributed by atoms with Crippen molar-refractivity contribution in [3.63, 3.8) is 0 Å². The number of nitrogens with zero attached hydrogens (tertiary/aromatic N) is 4. The number of ether oxygens (including phenoxy) is 1. The van der Waals surface area contributed by atoms with Gasteiger partial charge in [0, 0.05) is 48.8 Å². The summed E-state index contributed by atoms with van der Waals surface area (Å²) in [6.07, 6.45) is 0.0297. The van der Waals surface area contributed by atoms with E-state index in [-0.39, 0.29) is 11.8 Å². The minimum atomic E-state index is -0.629. The summed E-state index contributed by atoms with van der Waals surface area (Å²) in [5.74, 6) is 0.261. The van der Waals surface area contributed by atoms with E-state index >= 15 is 0 Å². The molecule has 0 bridgehead atoms. The zero-order valence-corrected chi connectivity index (χ0v) is 19.9. The normalized spacial score (nSPS) is 23.1. The van der Waals surface area contributed by atoms with Crippen molar-refractivity contribution in [3.8, 4) is 5.75 Å². The van der Waals surface area contributed by atoms with Gasteiger partial charge in [0.1, 0.15) is 11.8 Å². The molecule has 2 aliphatic heterocycles. The van der Waals surface area contributed by atoms with Crippen molar-refractivity contribution in [3.05, 3.63) is 48.5 Å². The molecular weight excluding hydrogens is 430 g/mol. The van der Waals surface area contributed by atoms with Gasteiger partial charge in [-0.05, 0) is 56.8 Å². The predicted octanol–water partition coefficient (Wildman–Crippen LogP) is 2.34. The van der Waals surface area contributed by atoms with Crippen molar-refractivity contribution in [1.82, 2.24) is 4.90 Å². The lowest BCUT2D eigenvalue weighted by Crippen LogP contribution is -2.50. The fourth-order valence-electron chi connectivity index (χ4n) is 4.14. The first-order valence-corrected chi connectivity index (χ1v) is 11.6. The highest BCUT2D eigenvalue weighted by molar-refractivity contribution is 6.68. The number of nitrogens with two attached hydrogens (primary N) is 2. The van der Waals surface area contributed by atoms with E-state index < -0.39 is 12.1 Å². The Morgan fingerprint density at radius 1 is 1.18 bits per heavy atom. The minimum absolute atomic E-state index is 0.122. The van der Waals surface area contributed by atoms with Gasteiger partial charge in [0.2, 0.25) is 6.23 Å². The van der Waals surface area contributed by atoms with Crippen LogP contribution in [0.4, 0.5) is 17.1 Å². The molecule has 3 atom stereocenters. The maximum absolute atomic E-state index is 12.1. The van der Waals surface area contributed by atoms with E-state index in [9.17, 15) is 4.79 Å². The van der Waals surface area contributed by atoms with Crippen molar-refractivity contribution < 1.29 is 9.53 Å². The summed E-state index contributed by atoms with van der Waals surface area (Å²) >= 11 is 0. The predicted molar refractivity (Wildman–Crippen MR) is 138 cm³/mol. The number of hydrogen-bond donors (Lipinski definition) is 3. The van der Waals surface area contributed by atoms with Crippen LogP contribution >= 0.6 is 0 Å². The van der Waals surface area contributed by atoms with Gasteiger partial charge >= 0.3 is 0 Å². The number of benzene rings is 2. The summed E-state index contributed by atoms with van der Waals surface area (Å²) in [6.45, 7) is 7.20.